The first kappa shape index (κ1) is 17.3. The summed E-state index contributed by atoms with van der Waals surface area (Å²) in [5.41, 5.74) is 0. The van der Waals surface area contributed by atoms with Gasteiger partial charge in [-0.3, -0.25) is 9.59 Å². The third kappa shape index (κ3) is 11.8. The van der Waals surface area contributed by atoms with Gasteiger partial charge in [0, 0.05) is 31.7 Å². The minimum Gasteiger partial charge on any atom is -0.354 e. The van der Waals surface area contributed by atoms with Crippen molar-refractivity contribution in [1.82, 2.24) is 10.6 Å². The van der Waals surface area contributed by atoms with Crippen LogP contribution in [0.1, 0.15) is 40.0 Å². The lowest BCUT2D eigenvalue weighted by molar-refractivity contribution is -0.123. The van der Waals surface area contributed by atoms with Crippen LogP contribution in [0.5, 0.6) is 0 Å². The van der Waals surface area contributed by atoms with Crippen LogP contribution in [0, 0.1) is 5.92 Å². The van der Waals surface area contributed by atoms with Gasteiger partial charge in [-0.2, -0.15) is 11.8 Å². The summed E-state index contributed by atoms with van der Waals surface area (Å²) in [6, 6.07) is 0. The second-order valence-corrected chi connectivity index (χ2v) is 5.88. The average molecular weight is 274 g/mol. The van der Waals surface area contributed by atoms with E-state index in [1.807, 2.05) is 13.8 Å². The highest BCUT2D eigenvalue weighted by Gasteiger charge is 2.04. The molecule has 0 bridgehead atoms. The summed E-state index contributed by atoms with van der Waals surface area (Å²) in [6.07, 6.45) is 2.25. The fraction of sp³-hybridized carbons (Fsp3) is 0.846. The Hall–Kier alpha value is -0.710. The summed E-state index contributed by atoms with van der Waals surface area (Å²) in [5, 5.41) is 5.59. The smallest absolute Gasteiger partial charge is 0.220 e. The highest BCUT2D eigenvalue weighted by Crippen LogP contribution is 2.03. The van der Waals surface area contributed by atoms with Gasteiger partial charge in [-0.1, -0.05) is 20.8 Å². The molecule has 5 heteroatoms. The maximum absolute atomic E-state index is 11.4. The summed E-state index contributed by atoms with van der Waals surface area (Å²) in [7, 11) is 0. The molecule has 0 aliphatic heterocycles. The Morgan fingerprint density at radius 1 is 1.06 bits per heavy atom. The topological polar surface area (TPSA) is 58.2 Å². The lowest BCUT2D eigenvalue weighted by atomic mass is 10.1. The largest absolute Gasteiger partial charge is 0.354 e. The molecule has 0 rings (SSSR count). The van der Waals surface area contributed by atoms with Crippen LogP contribution in [0.2, 0.25) is 0 Å². The van der Waals surface area contributed by atoms with E-state index >= 15 is 0 Å². The number of amides is 2. The molecule has 4 nitrogen and oxygen atoms in total. The number of thioether (sulfide) groups is 1. The second-order valence-electron chi connectivity index (χ2n) is 4.66. The molecule has 0 aliphatic rings. The Balaban J connectivity index is 3.37. The predicted octanol–water partition coefficient (Wildman–Crippen LogP) is 1.80. The van der Waals surface area contributed by atoms with Gasteiger partial charge >= 0.3 is 0 Å². The van der Waals surface area contributed by atoms with Crippen molar-refractivity contribution in [3.63, 3.8) is 0 Å². The van der Waals surface area contributed by atoms with Crippen LogP contribution in [0.15, 0.2) is 0 Å². The summed E-state index contributed by atoms with van der Waals surface area (Å²) < 4.78 is 0. The van der Waals surface area contributed by atoms with Gasteiger partial charge < -0.3 is 10.6 Å². The number of carbonyl (C=O) groups is 2. The van der Waals surface area contributed by atoms with Crippen molar-refractivity contribution >= 4 is 23.6 Å². The summed E-state index contributed by atoms with van der Waals surface area (Å²) in [4.78, 5) is 22.7. The molecule has 0 aliphatic carbocycles. The van der Waals surface area contributed by atoms with E-state index in [0.717, 1.165) is 17.9 Å². The summed E-state index contributed by atoms with van der Waals surface area (Å²) in [6.45, 7) is 7.18. The van der Waals surface area contributed by atoms with E-state index in [9.17, 15) is 9.59 Å². The second kappa shape index (κ2) is 11.4. The molecule has 106 valence electrons. The van der Waals surface area contributed by atoms with Gasteiger partial charge in [0.05, 0.1) is 0 Å². The SMILES string of the molecule is CCCSCCC(=O)NCCNC(=O)CC(C)C. The van der Waals surface area contributed by atoms with Gasteiger partial charge in [0.15, 0.2) is 0 Å². The zero-order valence-electron chi connectivity index (χ0n) is 11.8. The van der Waals surface area contributed by atoms with Crippen LogP contribution < -0.4 is 10.6 Å². The van der Waals surface area contributed by atoms with E-state index in [2.05, 4.69) is 17.6 Å². The first-order valence-electron chi connectivity index (χ1n) is 6.67. The molecule has 0 saturated carbocycles. The molecule has 0 unspecified atom stereocenters. The molecular weight excluding hydrogens is 248 g/mol. The van der Waals surface area contributed by atoms with E-state index in [-0.39, 0.29) is 11.8 Å². The van der Waals surface area contributed by atoms with Crippen molar-refractivity contribution in [1.29, 1.82) is 0 Å². The first-order chi connectivity index (χ1) is 8.56. The van der Waals surface area contributed by atoms with Crippen LogP contribution in [0.3, 0.4) is 0 Å². The summed E-state index contributed by atoms with van der Waals surface area (Å²) in [5.74, 6) is 2.47. The van der Waals surface area contributed by atoms with Crippen LogP contribution in [0.4, 0.5) is 0 Å². The van der Waals surface area contributed by atoms with E-state index in [1.54, 1.807) is 11.8 Å². The highest BCUT2D eigenvalue weighted by atomic mass is 32.2. The van der Waals surface area contributed by atoms with Crippen molar-refractivity contribution in [3.8, 4) is 0 Å². The minimum atomic E-state index is 0.0535. The Labute approximate surface area is 115 Å². The molecule has 0 aromatic rings. The standard InChI is InChI=1S/C13H26N2O2S/c1-4-8-18-9-5-12(16)14-6-7-15-13(17)10-11(2)3/h11H,4-10H2,1-3H3,(H,14,16)(H,15,17). The Bertz CT molecular complexity index is 245. The highest BCUT2D eigenvalue weighted by molar-refractivity contribution is 7.99. The molecule has 0 radical (unpaired) electrons. The molecular formula is C13H26N2O2S. The van der Waals surface area contributed by atoms with E-state index in [4.69, 9.17) is 0 Å². The van der Waals surface area contributed by atoms with Crippen molar-refractivity contribution in [2.24, 2.45) is 5.92 Å². The Morgan fingerprint density at radius 2 is 1.67 bits per heavy atom. The predicted molar refractivity (Wildman–Crippen MR) is 77.7 cm³/mol. The van der Waals surface area contributed by atoms with Crippen molar-refractivity contribution in [2.75, 3.05) is 24.6 Å². The van der Waals surface area contributed by atoms with E-state index in [1.165, 1.54) is 0 Å². The van der Waals surface area contributed by atoms with Gasteiger partial charge in [-0.25, -0.2) is 0 Å². The molecule has 2 N–H and O–H groups in total. The van der Waals surface area contributed by atoms with Crippen molar-refractivity contribution in [2.45, 2.75) is 40.0 Å². The normalized spacial score (nSPS) is 10.4. The monoisotopic (exact) mass is 274 g/mol. The van der Waals surface area contributed by atoms with Crippen molar-refractivity contribution < 1.29 is 9.59 Å². The third-order valence-electron chi connectivity index (χ3n) is 2.18. The van der Waals surface area contributed by atoms with Gasteiger partial charge in [0.1, 0.15) is 0 Å². The van der Waals surface area contributed by atoms with E-state index in [0.29, 0.717) is 31.8 Å². The first-order valence-corrected chi connectivity index (χ1v) is 7.82. The van der Waals surface area contributed by atoms with Gasteiger partial charge in [0.2, 0.25) is 11.8 Å². The Kier molecular flexibility index (Phi) is 10.9. The molecule has 0 aromatic heterocycles. The zero-order chi connectivity index (χ0) is 13.8. The number of hydrogen-bond donors (Lipinski definition) is 2. The van der Waals surface area contributed by atoms with Crippen LogP contribution in [0.25, 0.3) is 0 Å². The maximum Gasteiger partial charge on any atom is 0.220 e. The fourth-order valence-corrected chi connectivity index (χ4v) is 2.17. The van der Waals surface area contributed by atoms with Gasteiger partial charge in [0.25, 0.3) is 0 Å². The number of rotatable bonds is 10. The van der Waals surface area contributed by atoms with Crippen LogP contribution in [-0.4, -0.2) is 36.4 Å². The molecule has 0 spiro atoms. The molecule has 0 atom stereocenters. The van der Waals surface area contributed by atoms with Gasteiger partial charge in [-0.05, 0) is 18.1 Å². The van der Waals surface area contributed by atoms with Crippen LogP contribution in [-0.2, 0) is 9.59 Å². The fourth-order valence-electron chi connectivity index (χ4n) is 1.35. The molecule has 0 saturated heterocycles. The number of carbonyl (C=O) groups excluding carboxylic acids is 2. The minimum absolute atomic E-state index is 0.0535. The zero-order valence-corrected chi connectivity index (χ0v) is 12.6. The molecule has 0 heterocycles. The molecule has 0 fully saturated rings. The van der Waals surface area contributed by atoms with Crippen LogP contribution >= 0.6 is 11.8 Å². The lowest BCUT2D eigenvalue weighted by Crippen LogP contribution is -2.35. The maximum atomic E-state index is 11.4. The quantitative estimate of drug-likeness (QED) is 0.597. The van der Waals surface area contributed by atoms with Gasteiger partial charge in [-0.15, -0.1) is 0 Å². The number of nitrogens with one attached hydrogen (secondary N) is 2. The molecule has 18 heavy (non-hydrogen) atoms. The van der Waals surface area contributed by atoms with Crippen molar-refractivity contribution in [3.05, 3.63) is 0 Å². The average Bonchev–Trinajstić information content (AvgIpc) is 2.29. The molecule has 2 amide bonds. The Morgan fingerprint density at radius 3 is 2.22 bits per heavy atom. The molecule has 0 aromatic carbocycles. The lowest BCUT2D eigenvalue weighted by Gasteiger charge is -2.08. The third-order valence-corrected chi connectivity index (χ3v) is 3.37. The van der Waals surface area contributed by atoms with E-state index < -0.39 is 0 Å². The summed E-state index contributed by atoms with van der Waals surface area (Å²) >= 11 is 1.80. The number of hydrogen-bond acceptors (Lipinski definition) is 3.